The van der Waals surface area contributed by atoms with Crippen LogP contribution in [0.3, 0.4) is 0 Å². The second-order valence-electron chi connectivity index (χ2n) is 4.86. The van der Waals surface area contributed by atoms with Crippen molar-refractivity contribution >= 4 is 34.8 Å². The van der Waals surface area contributed by atoms with Gasteiger partial charge in [0, 0.05) is 17.7 Å². The normalized spacial score (nSPS) is 10.5. The summed E-state index contributed by atoms with van der Waals surface area (Å²) in [5.74, 6) is 0.310. The fourth-order valence-electron chi connectivity index (χ4n) is 2.10. The van der Waals surface area contributed by atoms with Crippen LogP contribution in [0.4, 0.5) is 5.69 Å². The highest BCUT2D eigenvalue weighted by atomic mass is 35.5. The first-order valence-electron chi connectivity index (χ1n) is 6.68. The van der Waals surface area contributed by atoms with E-state index in [4.69, 9.17) is 23.2 Å². The predicted octanol–water partition coefficient (Wildman–Crippen LogP) is 3.26. The maximum Gasteiger partial charge on any atom is 0.254 e. The Labute approximate surface area is 137 Å². The number of benzene rings is 1. The molecule has 7 heteroatoms. The SMILES string of the molecule is Cc1nc(C)c(CCC(=O)Nc2cccc(Cl)c2Cl)c(=O)[nH]1. The maximum atomic E-state index is 12.0. The number of H-pyrrole nitrogens is 1. The van der Waals surface area contributed by atoms with Crippen LogP contribution in [0.2, 0.25) is 10.0 Å². The number of nitrogens with zero attached hydrogens (tertiary/aromatic N) is 1. The van der Waals surface area contributed by atoms with Crippen LogP contribution in [-0.2, 0) is 11.2 Å². The molecule has 0 bridgehead atoms. The van der Waals surface area contributed by atoms with Gasteiger partial charge in [-0.3, -0.25) is 9.59 Å². The second-order valence-corrected chi connectivity index (χ2v) is 5.65. The molecule has 0 aliphatic rings. The van der Waals surface area contributed by atoms with Gasteiger partial charge in [0.05, 0.1) is 15.7 Å². The van der Waals surface area contributed by atoms with Crippen molar-refractivity contribution in [2.45, 2.75) is 26.7 Å². The van der Waals surface area contributed by atoms with E-state index < -0.39 is 0 Å². The van der Waals surface area contributed by atoms with Gasteiger partial charge in [-0.25, -0.2) is 4.98 Å². The summed E-state index contributed by atoms with van der Waals surface area (Å²) in [5.41, 5.74) is 1.39. The van der Waals surface area contributed by atoms with E-state index in [0.29, 0.717) is 39.2 Å². The van der Waals surface area contributed by atoms with Gasteiger partial charge in [0.25, 0.3) is 5.56 Å². The number of hydrogen-bond acceptors (Lipinski definition) is 3. The first kappa shape index (κ1) is 16.5. The highest BCUT2D eigenvalue weighted by Gasteiger charge is 2.11. The molecule has 0 radical (unpaired) electrons. The van der Waals surface area contributed by atoms with E-state index in [1.165, 1.54) is 0 Å². The standard InChI is InChI=1S/C15H15Cl2N3O2/c1-8-10(15(22)19-9(2)18-8)6-7-13(21)20-12-5-3-4-11(16)14(12)17/h3-5H,6-7H2,1-2H3,(H,20,21)(H,18,19,22). The third-order valence-corrected chi connectivity index (χ3v) is 3.99. The lowest BCUT2D eigenvalue weighted by Crippen LogP contribution is -2.20. The van der Waals surface area contributed by atoms with Crippen molar-refractivity contribution in [3.63, 3.8) is 0 Å². The summed E-state index contributed by atoms with van der Waals surface area (Å²) in [5, 5.41) is 3.35. The first-order valence-corrected chi connectivity index (χ1v) is 7.44. The molecule has 0 spiro atoms. The van der Waals surface area contributed by atoms with Crippen molar-refractivity contribution in [2.24, 2.45) is 0 Å². The Kier molecular flexibility index (Phi) is 5.21. The number of aryl methyl sites for hydroxylation is 2. The summed E-state index contributed by atoms with van der Waals surface area (Å²) in [6.07, 6.45) is 0.454. The number of anilines is 1. The van der Waals surface area contributed by atoms with E-state index in [1.54, 1.807) is 32.0 Å². The van der Waals surface area contributed by atoms with Gasteiger partial charge in [-0.2, -0.15) is 0 Å². The molecule has 5 nitrogen and oxygen atoms in total. The number of hydrogen-bond donors (Lipinski definition) is 2. The van der Waals surface area contributed by atoms with Gasteiger partial charge >= 0.3 is 0 Å². The van der Waals surface area contributed by atoms with E-state index in [-0.39, 0.29) is 17.9 Å². The van der Waals surface area contributed by atoms with Crippen LogP contribution in [0.1, 0.15) is 23.5 Å². The van der Waals surface area contributed by atoms with E-state index in [0.717, 1.165) is 0 Å². The van der Waals surface area contributed by atoms with Crippen LogP contribution in [0.15, 0.2) is 23.0 Å². The van der Waals surface area contributed by atoms with E-state index in [2.05, 4.69) is 15.3 Å². The third-order valence-electron chi connectivity index (χ3n) is 3.17. The number of carbonyl (C=O) groups excluding carboxylic acids is 1. The Balaban J connectivity index is 2.05. The summed E-state index contributed by atoms with van der Waals surface area (Å²) in [7, 11) is 0. The molecule has 116 valence electrons. The van der Waals surface area contributed by atoms with Gasteiger partial charge in [0.2, 0.25) is 5.91 Å². The number of halogens is 2. The Morgan fingerprint density at radius 2 is 2.05 bits per heavy atom. The van der Waals surface area contributed by atoms with E-state index in [1.807, 2.05) is 0 Å². The highest BCUT2D eigenvalue weighted by Crippen LogP contribution is 2.29. The molecule has 1 aromatic carbocycles. The summed E-state index contributed by atoms with van der Waals surface area (Å²) in [6.45, 7) is 3.47. The Bertz CT molecular complexity index is 772. The second kappa shape index (κ2) is 6.94. The zero-order valence-electron chi connectivity index (χ0n) is 12.2. The lowest BCUT2D eigenvalue weighted by molar-refractivity contribution is -0.116. The quantitative estimate of drug-likeness (QED) is 0.897. The summed E-state index contributed by atoms with van der Waals surface area (Å²) >= 11 is 11.9. The number of aromatic amines is 1. The third kappa shape index (κ3) is 3.87. The molecule has 0 aliphatic heterocycles. The number of amides is 1. The molecule has 2 aromatic rings. The molecule has 0 unspecified atom stereocenters. The molecule has 1 amide bonds. The van der Waals surface area contributed by atoms with Crippen LogP contribution < -0.4 is 10.9 Å². The molecule has 2 N–H and O–H groups in total. The van der Waals surface area contributed by atoms with Gasteiger partial charge in [0.1, 0.15) is 5.82 Å². The molecular formula is C15H15Cl2N3O2. The van der Waals surface area contributed by atoms with Gasteiger partial charge in [-0.15, -0.1) is 0 Å². The average molecular weight is 340 g/mol. The van der Waals surface area contributed by atoms with E-state index >= 15 is 0 Å². The summed E-state index contributed by atoms with van der Waals surface area (Å²) < 4.78 is 0. The molecular weight excluding hydrogens is 325 g/mol. The van der Waals surface area contributed by atoms with Gasteiger partial charge in [-0.1, -0.05) is 29.3 Å². The van der Waals surface area contributed by atoms with Gasteiger partial charge < -0.3 is 10.3 Å². The molecule has 0 fully saturated rings. The molecule has 0 saturated carbocycles. The van der Waals surface area contributed by atoms with Crippen LogP contribution in [0, 0.1) is 13.8 Å². The van der Waals surface area contributed by atoms with Crippen molar-refractivity contribution in [3.05, 3.63) is 55.7 Å². The van der Waals surface area contributed by atoms with Gasteiger partial charge in [0.15, 0.2) is 0 Å². The lowest BCUT2D eigenvalue weighted by Gasteiger charge is -2.09. The van der Waals surface area contributed by atoms with Crippen molar-refractivity contribution in [3.8, 4) is 0 Å². The minimum absolute atomic E-state index is 0.150. The number of rotatable bonds is 4. The predicted molar refractivity (Wildman–Crippen MR) is 87.7 cm³/mol. The molecule has 2 rings (SSSR count). The molecule has 1 aromatic heterocycles. The van der Waals surface area contributed by atoms with Crippen molar-refractivity contribution in [2.75, 3.05) is 5.32 Å². The molecule has 22 heavy (non-hydrogen) atoms. The van der Waals surface area contributed by atoms with Crippen LogP contribution in [-0.4, -0.2) is 15.9 Å². The van der Waals surface area contributed by atoms with Crippen molar-refractivity contribution in [1.29, 1.82) is 0 Å². The minimum Gasteiger partial charge on any atom is -0.325 e. The van der Waals surface area contributed by atoms with Gasteiger partial charge in [-0.05, 0) is 32.4 Å². The fourth-order valence-corrected chi connectivity index (χ4v) is 2.44. The Morgan fingerprint density at radius 3 is 2.73 bits per heavy atom. The molecule has 0 saturated heterocycles. The zero-order chi connectivity index (χ0) is 16.3. The van der Waals surface area contributed by atoms with Crippen molar-refractivity contribution in [1.82, 2.24) is 9.97 Å². The van der Waals surface area contributed by atoms with Crippen LogP contribution in [0.5, 0.6) is 0 Å². The topological polar surface area (TPSA) is 74.8 Å². The smallest absolute Gasteiger partial charge is 0.254 e. The first-order chi connectivity index (χ1) is 10.4. The fraction of sp³-hybridized carbons (Fsp3) is 0.267. The lowest BCUT2D eigenvalue weighted by atomic mass is 10.1. The Morgan fingerprint density at radius 1 is 1.32 bits per heavy atom. The van der Waals surface area contributed by atoms with E-state index in [9.17, 15) is 9.59 Å². The average Bonchev–Trinajstić information content (AvgIpc) is 2.42. The highest BCUT2D eigenvalue weighted by molar-refractivity contribution is 6.43. The Hall–Kier alpha value is -1.85. The van der Waals surface area contributed by atoms with Crippen molar-refractivity contribution < 1.29 is 4.79 Å². The maximum absolute atomic E-state index is 12.0. The number of nitrogens with one attached hydrogen (secondary N) is 2. The van der Waals surface area contributed by atoms with Crippen LogP contribution >= 0.6 is 23.2 Å². The summed E-state index contributed by atoms with van der Waals surface area (Å²) in [4.78, 5) is 30.7. The molecule has 0 aliphatic carbocycles. The monoisotopic (exact) mass is 339 g/mol. The number of aromatic nitrogens is 2. The minimum atomic E-state index is -0.247. The number of carbonyl (C=O) groups is 1. The summed E-state index contributed by atoms with van der Waals surface area (Å²) in [6, 6.07) is 5.00. The molecule has 0 atom stereocenters. The van der Waals surface area contributed by atoms with Crippen LogP contribution in [0.25, 0.3) is 0 Å². The largest absolute Gasteiger partial charge is 0.325 e. The molecule has 1 heterocycles. The zero-order valence-corrected chi connectivity index (χ0v) is 13.7.